The SMILES string of the molecule is COCC(Br)CCNC(=O)c1ccoc1Cl. The number of furan rings is 1. The van der Waals surface area contributed by atoms with Gasteiger partial charge in [-0.25, -0.2) is 0 Å². The van der Waals surface area contributed by atoms with E-state index < -0.39 is 0 Å². The van der Waals surface area contributed by atoms with Gasteiger partial charge in [0.1, 0.15) is 0 Å². The zero-order chi connectivity index (χ0) is 12.0. The molecule has 1 aromatic rings. The highest BCUT2D eigenvalue weighted by Gasteiger charge is 2.12. The van der Waals surface area contributed by atoms with E-state index in [-0.39, 0.29) is 16.0 Å². The van der Waals surface area contributed by atoms with Crippen LogP contribution in [-0.4, -0.2) is 31.0 Å². The van der Waals surface area contributed by atoms with Gasteiger partial charge in [0.05, 0.1) is 18.4 Å². The van der Waals surface area contributed by atoms with E-state index in [1.807, 2.05) is 0 Å². The van der Waals surface area contributed by atoms with E-state index in [4.69, 9.17) is 20.8 Å². The van der Waals surface area contributed by atoms with Crippen LogP contribution >= 0.6 is 27.5 Å². The van der Waals surface area contributed by atoms with Crippen LogP contribution in [0, 0.1) is 0 Å². The molecule has 0 saturated heterocycles. The van der Waals surface area contributed by atoms with E-state index in [9.17, 15) is 4.79 Å². The molecule has 6 heteroatoms. The topological polar surface area (TPSA) is 51.5 Å². The number of hydrogen-bond donors (Lipinski definition) is 1. The van der Waals surface area contributed by atoms with E-state index in [0.29, 0.717) is 18.7 Å². The van der Waals surface area contributed by atoms with Gasteiger partial charge in [-0.3, -0.25) is 4.79 Å². The Balaban J connectivity index is 2.29. The van der Waals surface area contributed by atoms with Crippen LogP contribution in [0.1, 0.15) is 16.8 Å². The maximum atomic E-state index is 11.6. The summed E-state index contributed by atoms with van der Waals surface area (Å²) in [5.41, 5.74) is 0.361. The fourth-order valence-corrected chi connectivity index (χ4v) is 1.85. The van der Waals surface area contributed by atoms with Gasteiger partial charge in [-0.05, 0) is 24.1 Å². The molecule has 1 heterocycles. The van der Waals surface area contributed by atoms with Crippen LogP contribution in [-0.2, 0) is 4.74 Å². The van der Waals surface area contributed by atoms with Crippen LogP contribution in [0.5, 0.6) is 0 Å². The number of alkyl halides is 1. The number of halogens is 2. The summed E-state index contributed by atoms with van der Waals surface area (Å²) in [4.78, 5) is 11.8. The lowest BCUT2D eigenvalue weighted by atomic mass is 10.3. The Morgan fingerprint density at radius 2 is 2.50 bits per heavy atom. The first-order valence-electron chi connectivity index (χ1n) is 4.79. The Morgan fingerprint density at radius 3 is 3.06 bits per heavy atom. The largest absolute Gasteiger partial charge is 0.452 e. The standard InChI is InChI=1S/C10H13BrClNO3/c1-15-6-7(11)2-4-13-10(14)8-3-5-16-9(8)12/h3,5,7H,2,4,6H2,1H3,(H,13,14). The molecule has 16 heavy (non-hydrogen) atoms. The number of rotatable bonds is 6. The van der Waals surface area contributed by atoms with Gasteiger partial charge in [-0.1, -0.05) is 15.9 Å². The number of ether oxygens (including phenoxy) is 1. The zero-order valence-electron chi connectivity index (χ0n) is 8.83. The second kappa shape index (κ2) is 6.93. The Morgan fingerprint density at radius 1 is 1.75 bits per heavy atom. The van der Waals surface area contributed by atoms with Crippen molar-refractivity contribution in [2.75, 3.05) is 20.3 Å². The summed E-state index contributed by atoms with van der Waals surface area (Å²) in [5, 5.41) is 2.86. The van der Waals surface area contributed by atoms with Crippen molar-refractivity contribution in [1.29, 1.82) is 0 Å². The third-order valence-corrected chi connectivity index (χ3v) is 2.97. The zero-order valence-corrected chi connectivity index (χ0v) is 11.2. The van der Waals surface area contributed by atoms with Crippen molar-refractivity contribution in [1.82, 2.24) is 5.32 Å². The lowest BCUT2D eigenvalue weighted by molar-refractivity contribution is 0.0951. The molecule has 0 spiro atoms. The number of methoxy groups -OCH3 is 1. The van der Waals surface area contributed by atoms with Crippen molar-refractivity contribution < 1.29 is 13.9 Å². The molecular weight excluding hydrogens is 297 g/mol. The number of hydrogen-bond acceptors (Lipinski definition) is 3. The second-order valence-electron chi connectivity index (χ2n) is 3.21. The number of amides is 1. The first kappa shape index (κ1) is 13.5. The molecule has 0 aromatic carbocycles. The molecular formula is C10H13BrClNO3. The van der Waals surface area contributed by atoms with Crippen LogP contribution < -0.4 is 5.32 Å². The van der Waals surface area contributed by atoms with Gasteiger partial charge in [0.15, 0.2) is 0 Å². The van der Waals surface area contributed by atoms with E-state index in [2.05, 4.69) is 21.2 Å². The molecule has 1 aromatic heterocycles. The summed E-state index contributed by atoms with van der Waals surface area (Å²) < 4.78 is 9.78. The molecule has 0 fully saturated rings. The van der Waals surface area contributed by atoms with Gasteiger partial charge in [0.2, 0.25) is 5.22 Å². The van der Waals surface area contributed by atoms with Crippen molar-refractivity contribution >= 4 is 33.4 Å². The summed E-state index contributed by atoms with van der Waals surface area (Å²) in [7, 11) is 1.64. The van der Waals surface area contributed by atoms with Crippen LogP contribution in [0.2, 0.25) is 5.22 Å². The monoisotopic (exact) mass is 309 g/mol. The summed E-state index contributed by atoms with van der Waals surface area (Å²) in [6.07, 6.45) is 2.17. The molecule has 1 N–H and O–H groups in total. The predicted octanol–water partition coefficient (Wildman–Crippen LogP) is 2.46. The van der Waals surface area contributed by atoms with Crippen molar-refractivity contribution in [2.45, 2.75) is 11.2 Å². The van der Waals surface area contributed by atoms with E-state index in [0.717, 1.165) is 6.42 Å². The first-order chi connectivity index (χ1) is 7.65. The predicted molar refractivity (Wildman–Crippen MR) is 65.3 cm³/mol. The third kappa shape index (κ3) is 4.15. The molecule has 90 valence electrons. The minimum Gasteiger partial charge on any atom is -0.452 e. The van der Waals surface area contributed by atoms with Crippen molar-refractivity contribution in [3.63, 3.8) is 0 Å². The Kier molecular flexibility index (Phi) is 5.87. The minimum atomic E-state index is -0.226. The molecule has 0 aliphatic rings. The average Bonchev–Trinajstić information content (AvgIpc) is 2.64. The lowest BCUT2D eigenvalue weighted by Crippen LogP contribution is -2.26. The minimum absolute atomic E-state index is 0.116. The average molecular weight is 311 g/mol. The summed E-state index contributed by atoms with van der Waals surface area (Å²) in [5.74, 6) is -0.226. The summed E-state index contributed by atoms with van der Waals surface area (Å²) in [6, 6.07) is 1.54. The smallest absolute Gasteiger partial charge is 0.256 e. The van der Waals surface area contributed by atoms with Crippen LogP contribution in [0.15, 0.2) is 16.7 Å². The fraction of sp³-hybridized carbons (Fsp3) is 0.500. The highest BCUT2D eigenvalue weighted by atomic mass is 79.9. The van der Waals surface area contributed by atoms with Gasteiger partial charge >= 0.3 is 0 Å². The number of carbonyl (C=O) groups excluding carboxylic acids is 1. The maximum absolute atomic E-state index is 11.6. The van der Waals surface area contributed by atoms with Gasteiger partial charge < -0.3 is 14.5 Å². The summed E-state index contributed by atoms with van der Waals surface area (Å²) >= 11 is 9.10. The van der Waals surface area contributed by atoms with Gasteiger partial charge in [0, 0.05) is 18.5 Å². The second-order valence-corrected chi connectivity index (χ2v) is 4.84. The molecule has 0 radical (unpaired) electrons. The molecule has 0 aliphatic heterocycles. The molecule has 1 unspecified atom stereocenters. The van der Waals surface area contributed by atoms with Gasteiger partial charge in [-0.15, -0.1) is 0 Å². The molecule has 0 bridgehead atoms. The highest BCUT2D eigenvalue weighted by molar-refractivity contribution is 9.09. The van der Waals surface area contributed by atoms with Crippen molar-refractivity contribution in [3.8, 4) is 0 Å². The molecule has 0 aliphatic carbocycles. The van der Waals surface area contributed by atoms with Crippen LogP contribution in [0.3, 0.4) is 0 Å². The summed E-state index contributed by atoms with van der Waals surface area (Å²) in [6.45, 7) is 1.17. The Bertz CT molecular complexity index is 343. The van der Waals surface area contributed by atoms with E-state index in [1.54, 1.807) is 13.2 Å². The molecule has 0 saturated carbocycles. The number of nitrogens with one attached hydrogen (secondary N) is 1. The van der Waals surface area contributed by atoms with Gasteiger partial charge in [0.25, 0.3) is 5.91 Å². The number of carbonyl (C=O) groups is 1. The van der Waals surface area contributed by atoms with Crippen molar-refractivity contribution in [3.05, 3.63) is 23.1 Å². The Hall–Kier alpha value is -0.520. The maximum Gasteiger partial charge on any atom is 0.256 e. The third-order valence-electron chi connectivity index (χ3n) is 1.95. The first-order valence-corrected chi connectivity index (χ1v) is 6.08. The highest BCUT2D eigenvalue weighted by Crippen LogP contribution is 2.16. The molecule has 4 nitrogen and oxygen atoms in total. The van der Waals surface area contributed by atoms with E-state index >= 15 is 0 Å². The van der Waals surface area contributed by atoms with E-state index in [1.165, 1.54) is 6.26 Å². The molecule has 1 amide bonds. The van der Waals surface area contributed by atoms with Crippen molar-refractivity contribution in [2.24, 2.45) is 0 Å². The fourth-order valence-electron chi connectivity index (χ4n) is 1.16. The Labute approximate surface area is 107 Å². The van der Waals surface area contributed by atoms with Gasteiger partial charge in [-0.2, -0.15) is 0 Å². The quantitative estimate of drug-likeness (QED) is 0.821. The van der Waals surface area contributed by atoms with Crippen LogP contribution in [0.4, 0.5) is 0 Å². The lowest BCUT2D eigenvalue weighted by Gasteiger charge is -2.08. The van der Waals surface area contributed by atoms with Crippen LogP contribution in [0.25, 0.3) is 0 Å². The normalized spacial score (nSPS) is 12.4. The molecule has 1 atom stereocenters. The molecule has 1 rings (SSSR count).